The number of benzene rings is 3. The van der Waals surface area contributed by atoms with E-state index in [4.69, 9.17) is 5.73 Å². The molecular formula is C32H31N3O2S. The summed E-state index contributed by atoms with van der Waals surface area (Å²) in [6.45, 7) is 2.95. The molecule has 38 heavy (non-hydrogen) atoms. The van der Waals surface area contributed by atoms with Gasteiger partial charge in [-0.15, -0.1) is 0 Å². The molecule has 0 bridgehead atoms. The van der Waals surface area contributed by atoms with Crippen LogP contribution in [-0.4, -0.2) is 34.0 Å². The van der Waals surface area contributed by atoms with Crippen LogP contribution >= 0.6 is 11.8 Å². The summed E-state index contributed by atoms with van der Waals surface area (Å²) >= 11 is 1.65. The summed E-state index contributed by atoms with van der Waals surface area (Å²) in [4.78, 5) is 20.8. The SMILES string of the molecule is NC(=O)Cc1ccccc1-c1ccc2c(c1)Sc1c(O)cccc1C2C1CCN(Cc2ccccn2)CC1. The molecule has 1 saturated heterocycles. The van der Waals surface area contributed by atoms with Gasteiger partial charge >= 0.3 is 0 Å². The molecule has 0 aliphatic carbocycles. The van der Waals surface area contributed by atoms with Gasteiger partial charge in [-0.05, 0) is 83.9 Å². The Morgan fingerprint density at radius 2 is 1.79 bits per heavy atom. The number of nitrogens with two attached hydrogens (primary N) is 1. The van der Waals surface area contributed by atoms with Gasteiger partial charge in [0.2, 0.25) is 5.91 Å². The van der Waals surface area contributed by atoms with Crippen molar-refractivity contribution in [2.75, 3.05) is 13.1 Å². The number of carbonyl (C=O) groups is 1. The number of hydrogen-bond acceptors (Lipinski definition) is 5. The second kappa shape index (κ2) is 10.6. The first-order valence-corrected chi connectivity index (χ1v) is 14.0. The van der Waals surface area contributed by atoms with E-state index in [1.54, 1.807) is 17.8 Å². The number of fused-ring (bicyclic) bond motifs is 2. The molecule has 6 rings (SSSR count). The Morgan fingerprint density at radius 3 is 2.58 bits per heavy atom. The van der Waals surface area contributed by atoms with Crippen molar-refractivity contribution in [3.05, 3.63) is 107 Å². The lowest BCUT2D eigenvalue weighted by molar-refractivity contribution is -0.117. The zero-order chi connectivity index (χ0) is 26.1. The molecule has 192 valence electrons. The number of likely N-dealkylation sites (tertiary alicyclic amines) is 1. The van der Waals surface area contributed by atoms with Crippen molar-refractivity contribution in [2.45, 2.75) is 41.5 Å². The Kier molecular flexibility index (Phi) is 6.92. The van der Waals surface area contributed by atoms with Crippen molar-refractivity contribution in [3.63, 3.8) is 0 Å². The maximum atomic E-state index is 11.7. The third kappa shape index (κ3) is 4.94. The lowest BCUT2D eigenvalue weighted by atomic mass is 9.75. The van der Waals surface area contributed by atoms with E-state index in [-0.39, 0.29) is 18.2 Å². The summed E-state index contributed by atoms with van der Waals surface area (Å²) in [6.07, 6.45) is 4.27. The van der Waals surface area contributed by atoms with Gasteiger partial charge in [-0.2, -0.15) is 0 Å². The number of rotatable bonds is 6. The molecular weight excluding hydrogens is 490 g/mol. The van der Waals surface area contributed by atoms with Crippen molar-refractivity contribution >= 4 is 17.7 Å². The van der Waals surface area contributed by atoms with Gasteiger partial charge in [0, 0.05) is 23.6 Å². The molecule has 3 aromatic carbocycles. The van der Waals surface area contributed by atoms with Crippen LogP contribution in [0.3, 0.4) is 0 Å². The predicted molar refractivity (Wildman–Crippen MR) is 151 cm³/mol. The average molecular weight is 522 g/mol. The predicted octanol–water partition coefficient (Wildman–Crippen LogP) is 5.99. The van der Waals surface area contributed by atoms with Gasteiger partial charge in [0.25, 0.3) is 0 Å². The number of piperidine rings is 1. The van der Waals surface area contributed by atoms with Crippen LogP contribution in [0.2, 0.25) is 0 Å². The number of phenolic OH excluding ortho intramolecular Hbond substituents is 1. The molecule has 0 spiro atoms. The molecule has 0 saturated carbocycles. The largest absolute Gasteiger partial charge is 0.507 e. The van der Waals surface area contributed by atoms with Crippen LogP contribution in [0.4, 0.5) is 0 Å². The molecule has 1 atom stereocenters. The molecule has 5 nitrogen and oxygen atoms in total. The average Bonchev–Trinajstić information content (AvgIpc) is 2.93. The fraction of sp³-hybridized carbons (Fsp3) is 0.250. The van der Waals surface area contributed by atoms with Crippen molar-refractivity contribution < 1.29 is 9.90 Å². The Morgan fingerprint density at radius 1 is 0.974 bits per heavy atom. The third-order valence-corrected chi connectivity index (χ3v) is 9.05. The monoisotopic (exact) mass is 521 g/mol. The fourth-order valence-electron chi connectivity index (χ4n) is 6.04. The molecule has 6 heteroatoms. The Hall–Kier alpha value is -3.61. The molecule has 2 aliphatic heterocycles. The van der Waals surface area contributed by atoms with E-state index in [2.05, 4.69) is 46.3 Å². The normalized spacial score (nSPS) is 17.5. The first kappa shape index (κ1) is 24.7. The molecule has 0 radical (unpaired) electrons. The number of primary amides is 1. The van der Waals surface area contributed by atoms with Crippen LogP contribution in [0.1, 0.15) is 41.1 Å². The summed E-state index contributed by atoms with van der Waals surface area (Å²) in [6, 6.07) is 26.7. The maximum Gasteiger partial charge on any atom is 0.221 e. The Bertz CT molecular complexity index is 1470. The highest BCUT2D eigenvalue weighted by Crippen LogP contribution is 2.53. The Labute approximate surface area is 227 Å². The van der Waals surface area contributed by atoms with Crippen molar-refractivity contribution in [2.24, 2.45) is 11.7 Å². The minimum atomic E-state index is -0.335. The molecule has 3 heterocycles. The minimum absolute atomic E-state index is 0.212. The number of carbonyl (C=O) groups excluding carboxylic acids is 1. The minimum Gasteiger partial charge on any atom is -0.507 e. The third-order valence-electron chi connectivity index (χ3n) is 7.83. The van der Waals surface area contributed by atoms with Crippen molar-refractivity contribution in [1.29, 1.82) is 0 Å². The van der Waals surface area contributed by atoms with Gasteiger partial charge in [0.1, 0.15) is 5.75 Å². The van der Waals surface area contributed by atoms with E-state index >= 15 is 0 Å². The zero-order valence-corrected chi connectivity index (χ0v) is 22.0. The van der Waals surface area contributed by atoms with Crippen LogP contribution in [0.5, 0.6) is 5.75 Å². The molecule has 1 unspecified atom stereocenters. The van der Waals surface area contributed by atoms with Crippen molar-refractivity contribution in [3.8, 4) is 16.9 Å². The highest BCUT2D eigenvalue weighted by Gasteiger charge is 2.35. The van der Waals surface area contributed by atoms with Gasteiger partial charge in [0.15, 0.2) is 0 Å². The Balaban J connectivity index is 1.32. The van der Waals surface area contributed by atoms with Gasteiger partial charge in [-0.3, -0.25) is 14.7 Å². The van der Waals surface area contributed by atoms with Crippen LogP contribution in [0, 0.1) is 5.92 Å². The molecule has 1 amide bonds. The second-order valence-corrected chi connectivity index (χ2v) is 11.3. The number of amides is 1. The number of phenols is 1. The van der Waals surface area contributed by atoms with E-state index in [1.165, 1.54) is 16.0 Å². The zero-order valence-electron chi connectivity index (χ0n) is 21.2. The molecule has 3 N–H and O–H groups in total. The van der Waals surface area contributed by atoms with Crippen molar-refractivity contribution in [1.82, 2.24) is 9.88 Å². The van der Waals surface area contributed by atoms with E-state index in [0.717, 1.165) is 59.8 Å². The second-order valence-electron chi connectivity index (χ2n) is 10.3. The summed E-state index contributed by atoms with van der Waals surface area (Å²) in [5.74, 6) is 0.733. The molecule has 4 aromatic rings. The quantitative estimate of drug-likeness (QED) is 0.326. The standard InChI is InChI=1S/C32H31N3O2S/c33-30(37)19-22-6-1-2-8-25(22)23-11-12-26-29(18-23)38-32-27(9-5-10-28(32)36)31(26)21-13-16-35(17-14-21)20-24-7-3-4-15-34-24/h1-12,15,18,21,31,36H,13-14,16-17,19-20H2,(H2,33,37). The van der Waals surface area contributed by atoms with Crippen LogP contribution in [0.25, 0.3) is 11.1 Å². The molecule has 1 aromatic heterocycles. The summed E-state index contributed by atoms with van der Waals surface area (Å²) in [5.41, 5.74) is 12.2. The lowest BCUT2D eigenvalue weighted by Gasteiger charge is -2.39. The summed E-state index contributed by atoms with van der Waals surface area (Å²) in [7, 11) is 0. The summed E-state index contributed by atoms with van der Waals surface area (Å²) in [5, 5.41) is 10.8. The van der Waals surface area contributed by atoms with E-state index in [1.807, 2.05) is 42.6 Å². The van der Waals surface area contributed by atoms with E-state index in [0.29, 0.717) is 11.7 Å². The number of nitrogens with zero attached hydrogens (tertiary/aromatic N) is 2. The number of aromatic hydroxyl groups is 1. The highest BCUT2D eigenvalue weighted by molar-refractivity contribution is 7.99. The lowest BCUT2D eigenvalue weighted by Crippen LogP contribution is -2.36. The van der Waals surface area contributed by atoms with Crippen LogP contribution in [0.15, 0.2) is 94.9 Å². The number of hydrogen-bond donors (Lipinski definition) is 2. The van der Waals surface area contributed by atoms with Gasteiger partial charge in [-0.1, -0.05) is 66.4 Å². The first-order chi connectivity index (χ1) is 18.6. The van der Waals surface area contributed by atoms with Crippen LogP contribution < -0.4 is 5.73 Å². The van der Waals surface area contributed by atoms with Crippen LogP contribution in [-0.2, 0) is 17.8 Å². The van der Waals surface area contributed by atoms with E-state index < -0.39 is 0 Å². The number of pyridine rings is 1. The topological polar surface area (TPSA) is 79.5 Å². The smallest absolute Gasteiger partial charge is 0.221 e. The molecule has 2 aliphatic rings. The van der Waals surface area contributed by atoms with Gasteiger partial charge in [0.05, 0.1) is 17.0 Å². The van der Waals surface area contributed by atoms with Gasteiger partial charge < -0.3 is 10.8 Å². The fourth-order valence-corrected chi connectivity index (χ4v) is 7.24. The van der Waals surface area contributed by atoms with Gasteiger partial charge in [-0.25, -0.2) is 0 Å². The number of aromatic nitrogens is 1. The summed E-state index contributed by atoms with van der Waals surface area (Å²) < 4.78 is 0. The first-order valence-electron chi connectivity index (χ1n) is 13.2. The highest BCUT2D eigenvalue weighted by atomic mass is 32.2. The molecule has 1 fully saturated rings. The van der Waals surface area contributed by atoms with E-state index in [9.17, 15) is 9.90 Å². The maximum absolute atomic E-state index is 11.7.